The first-order valence-corrected chi connectivity index (χ1v) is 43.4. The number of carbonyl (C=O) groups is 4. The number of ether oxygens (including phenoxy) is 4. The van der Waals surface area contributed by atoms with Crippen molar-refractivity contribution in [2.24, 2.45) is 0 Å². The van der Waals surface area contributed by atoms with E-state index in [-0.39, 0.29) is 25.7 Å². The molecule has 0 heterocycles. The lowest BCUT2D eigenvalue weighted by Crippen LogP contribution is -2.30. The van der Waals surface area contributed by atoms with Gasteiger partial charge in [-0.3, -0.25) is 37.3 Å². The summed E-state index contributed by atoms with van der Waals surface area (Å²) in [5, 5.41) is 10.6. The topological polar surface area (TPSA) is 237 Å². The van der Waals surface area contributed by atoms with E-state index in [9.17, 15) is 43.2 Å². The minimum Gasteiger partial charge on any atom is -0.462 e. The van der Waals surface area contributed by atoms with Gasteiger partial charge in [-0.2, -0.15) is 0 Å². The van der Waals surface area contributed by atoms with Crippen molar-refractivity contribution in [1.29, 1.82) is 0 Å². The Morgan fingerprint density at radius 1 is 0.279 bits per heavy atom. The first kappa shape index (κ1) is 99.2. The Balaban J connectivity index is 5.40. The largest absolute Gasteiger partial charge is 0.472 e. The number of phosphoric acid groups is 2. The zero-order valence-corrected chi connectivity index (χ0v) is 66.9. The van der Waals surface area contributed by atoms with Gasteiger partial charge in [0.2, 0.25) is 0 Å². The molecule has 0 fully saturated rings. The van der Waals surface area contributed by atoms with Crippen LogP contribution in [0.1, 0.15) is 323 Å². The lowest BCUT2D eigenvalue weighted by Gasteiger charge is -2.21. The van der Waals surface area contributed by atoms with Gasteiger partial charge >= 0.3 is 39.5 Å². The summed E-state index contributed by atoms with van der Waals surface area (Å²) in [6.07, 6.45) is 85.9. The Bertz CT molecular complexity index is 2490. The second kappa shape index (κ2) is 76.4. The Labute approximate surface area is 631 Å². The monoisotopic (exact) mass is 1500 g/mol. The highest BCUT2D eigenvalue weighted by Gasteiger charge is 2.30. The fourth-order valence-electron chi connectivity index (χ4n) is 10.6. The van der Waals surface area contributed by atoms with Crippen molar-refractivity contribution in [1.82, 2.24) is 0 Å². The molecular weight excluding hydrogens is 1350 g/mol. The van der Waals surface area contributed by atoms with Gasteiger partial charge in [-0.05, 0) is 109 Å². The average Bonchev–Trinajstić information content (AvgIpc) is 0.931. The summed E-state index contributed by atoms with van der Waals surface area (Å²) in [5.74, 6) is -2.30. The van der Waals surface area contributed by atoms with Crippen LogP contribution in [0.3, 0.4) is 0 Å². The number of esters is 4. The van der Waals surface area contributed by atoms with Crippen molar-refractivity contribution in [2.75, 3.05) is 39.6 Å². The molecule has 0 saturated carbocycles. The van der Waals surface area contributed by atoms with E-state index in [0.29, 0.717) is 32.1 Å². The molecule has 0 aliphatic heterocycles. The van der Waals surface area contributed by atoms with Crippen molar-refractivity contribution in [3.63, 3.8) is 0 Å². The van der Waals surface area contributed by atoms with E-state index in [1.54, 1.807) is 0 Å². The maximum atomic E-state index is 13.1. The molecule has 0 aliphatic carbocycles. The molecule has 0 spiro atoms. The maximum absolute atomic E-state index is 13.1. The number of aliphatic hydroxyl groups excluding tert-OH is 1. The zero-order chi connectivity index (χ0) is 76.0. The number of aliphatic hydroxyl groups is 1. The summed E-state index contributed by atoms with van der Waals surface area (Å²) in [7, 11) is -9.98. The van der Waals surface area contributed by atoms with Crippen LogP contribution < -0.4 is 0 Å². The number of rotatable bonds is 75. The first-order chi connectivity index (χ1) is 50.7. The van der Waals surface area contributed by atoms with E-state index in [2.05, 4.69) is 143 Å². The summed E-state index contributed by atoms with van der Waals surface area (Å²) in [5.41, 5.74) is 0. The van der Waals surface area contributed by atoms with Crippen LogP contribution in [0.4, 0.5) is 0 Å². The van der Waals surface area contributed by atoms with Crippen LogP contribution >= 0.6 is 15.6 Å². The summed E-state index contributed by atoms with van der Waals surface area (Å²) >= 11 is 0. The molecule has 104 heavy (non-hydrogen) atoms. The smallest absolute Gasteiger partial charge is 0.462 e. The normalized spacial score (nSPS) is 14.6. The molecule has 0 radical (unpaired) electrons. The summed E-state index contributed by atoms with van der Waals surface area (Å²) in [6.45, 7) is 4.54. The van der Waals surface area contributed by atoms with Crippen molar-refractivity contribution >= 4 is 39.5 Å². The molecule has 0 aromatic rings. The first-order valence-electron chi connectivity index (χ1n) is 40.4. The number of unbranched alkanes of at least 4 members (excludes halogenated alkanes) is 27. The Kier molecular flexibility index (Phi) is 72.9. The Hall–Kier alpha value is -4.80. The molecule has 0 saturated heterocycles. The molecule has 0 amide bonds. The van der Waals surface area contributed by atoms with Crippen LogP contribution in [0.25, 0.3) is 0 Å². The molecule has 19 heteroatoms. The van der Waals surface area contributed by atoms with E-state index in [1.165, 1.54) is 103 Å². The lowest BCUT2D eigenvalue weighted by molar-refractivity contribution is -0.161. The van der Waals surface area contributed by atoms with E-state index < -0.39 is 97.5 Å². The predicted molar refractivity (Wildman–Crippen MR) is 427 cm³/mol. The molecule has 596 valence electrons. The van der Waals surface area contributed by atoms with Gasteiger partial charge in [0.15, 0.2) is 12.2 Å². The zero-order valence-electron chi connectivity index (χ0n) is 65.2. The lowest BCUT2D eigenvalue weighted by atomic mass is 10.0. The van der Waals surface area contributed by atoms with Gasteiger partial charge in [-0.15, -0.1) is 0 Å². The molecule has 0 aliphatic rings. The highest BCUT2D eigenvalue weighted by molar-refractivity contribution is 7.47. The number of carbonyl (C=O) groups excluding carboxylic acids is 4. The standard InChI is InChI=1S/C85H144O17P2/c1-5-9-13-17-21-25-29-32-35-37-39-41-44-46-50-53-57-61-65-69-82(87)95-75-80(101-84(89)71-67-63-59-55-49-28-24-20-16-12-8-4)77-99-103(91,92)97-73-79(86)74-98-104(93,94)100-78-81(102-85(90)72-68-64-60-56-52-48-43-34-31-27-23-19-15-11-7-3)76-96-83(88)70-66-62-58-54-51-47-45-42-40-38-36-33-30-26-22-18-14-10-6-2/h9-10,13-14,21-22,25-26,32-33,35-36,39-42,46-47,50-51,57,61,79-81,86H,5-8,11-12,15-20,23-24,27-31,34,37-38,43-45,48-49,52-56,58-60,62-78H2,1-4H3,(H,91,92)(H,93,94)/b13-9-,14-10-,25-21-,26-22-,35-32-,36-33-,41-39-,42-40-,50-46-,51-47-,61-57-. The summed E-state index contributed by atoms with van der Waals surface area (Å²) in [6, 6.07) is 0. The molecule has 0 bridgehead atoms. The van der Waals surface area contributed by atoms with Crippen LogP contribution in [0.5, 0.6) is 0 Å². The average molecular weight is 1500 g/mol. The molecule has 0 aromatic heterocycles. The van der Waals surface area contributed by atoms with Gasteiger partial charge < -0.3 is 33.8 Å². The van der Waals surface area contributed by atoms with Crippen LogP contribution in [-0.4, -0.2) is 96.7 Å². The van der Waals surface area contributed by atoms with Gasteiger partial charge in [0.1, 0.15) is 19.3 Å². The molecular formula is C85H144O17P2. The number of phosphoric ester groups is 2. The molecule has 0 aromatic carbocycles. The van der Waals surface area contributed by atoms with Crippen LogP contribution in [0.2, 0.25) is 0 Å². The predicted octanol–water partition coefficient (Wildman–Crippen LogP) is 23.7. The van der Waals surface area contributed by atoms with E-state index in [0.717, 1.165) is 135 Å². The third-order valence-electron chi connectivity index (χ3n) is 16.7. The summed E-state index contributed by atoms with van der Waals surface area (Å²) in [4.78, 5) is 73.0. The van der Waals surface area contributed by atoms with E-state index >= 15 is 0 Å². The number of hydrogen-bond donors (Lipinski definition) is 3. The molecule has 3 N–H and O–H groups in total. The summed E-state index contributed by atoms with van der Waals surface area (Å²) < 4.78 is 68.5. The van der Waals surface area contributed by atoms with E-state index in [1.807, 2.05) is 18.2 Å². The Morgan fingerprint density at radius 3 is 0.827 bits per heavy atom. The second-order valence-corrected chi connectivity index (χ2v) is 29.5. The maximum Gasteiger partial charge on any atom is 0.472 e. The highest BCUT2D eigenvalue weighted by Crippen LogP contribution is 2.45. The van der Waals surface area contributed by atoms with Crippen molar-refractivity contribution in [3.05, 3.63) is 134 Å². The number of hydrogen-bond acceptors (Lipinski definition) is 15. The van der Waals surface area contributed by atoms with Gasteiger partial charge in [0.05, 0.1) is 26.4 Å². The fraction of sp³-hybridized carbons (Fsp3) is 0.694. The molecule has 5 atom stereocenters. The third-order valence-corrected chi connectivity index (χ3v) is 18.6. The van der Waals surface area contributed by atoms with Crippen LogP contribution in [0.15, 0.2) is 134 Å². The van der Waals surface area contributed by atoms with Crippen LogP contribution in [-0.2, 0) is 65.4 Å². The van der Waals surface area contributed by atoms with Gasteiger partial charge in [0.25, 0.3) is 0 Å². The van der Waals surface area contributed by atoms with Gasteiger partial charge in [0, 0.05) is 25.7 Å². The fourth-order valence-corrected chi connectivity index (χ4v) is 12.1. The minimum absolute atomic E-state index is 0.0353. The molecule has 17 nitrogen and oxygen atoms in total. The second-order valence-electron chi connectivity index (χ2n) is 26.6. The van der Waals surface area contributed by atoms with Gasteiger partial charge in [-0.1, -0.05) is 322 Å². The highest BCUT2D eigenvalue weighted by atomic mass is 31.2. The van der Waals surface area contributed by atoms with Crippen LogP contribution in [0, 0.1) is 0 Å². The SMILES string of the molecule is CC/C=C\C/C=C\C/C=C\C/C=C\C/C=C\C/C=C\CCC(=O)OCC(COP(=O)(O)OCC(O)COP(=O)(O)OCC(COC(=O)CCCCC/C=C\C/C=C\C/C=C\C/C=C\C/C=C\CC)OC(=O)CCCCCCCCCCCCCCCCC)OC(=O)CCCCCCCCCCCCC. The quantitative estimate of drug-likeness (QED) is 0.0169. The number of allylic oxidation sites excluding steroid dienone is 22. The van der Waals surface area contributed by atoms with Gasteiger partial charge in [-0.25, -0.2) is 9.13 Å². The third kappa shape index (κ3) is 75.4. The van der Waals surface area contributed by atoms with Crippen molar-refractivity contribution in [2.45, 2.75) is 341 Å². The van der Waals surface area contributed by atoms with Crippen molar-refractivity contribution in [3.8, 4) is 0 Å². The van der Waals surface area contributed by atoms with E-state index in [4.69, 9.17) is 37.0 Å². The minimum atomic E-state index is -4.99. The van der Waals surface area contributed by atoms with Crippen molar-refractivity contribution < 1.29 is 80.2 Å². The Morgan fingerprint density at radius 2 is 0.519 bits per heavy atom. The molecule has 5 unspecified atom stereocenters. The molecule has 0 rings (SSSR count).